The fraction of sp³-hybridized carbons (Fsp3) is 0. The minimum Gasteiger partial charge on any atom is -0.207 e. The van der Waals surface area contributed by atoms with Gasteiger partial charge in [-0.25, -0.2) is 8.78 Å². The summed E-state index contributed by atoms with van der Waals surface area (Å²) < 4.78 is 27.8. The normalized spacial score (nSPS) is 12.5. The molecule has 7 aromatic rings. The molecule has 6 heteroatoms. The number of rotatable bonds is 2. The van der Waals surface area contributed by atoms with Crippen LogP contribution in [0, 0.1) is 29.7 Å². The van der Waals surface area contributed by atoms with E-state index in [-0.39, 0.29) is 11.6 Å². The second-order valence-corrected chi connectivity index (χ2v) is 9.59. The van der Waals surface area contributed by atoms with Gasteiger partial charge in [0, 0.05) is 21.5 Å². The number of hydrogen-bond donors (Lipinski definition) is 0. The molecule has 0 spiro atoms. The molecular formula is C34H16F2N4. The van der Waals surface area contributed by atoms with Crippen molar-refractivity contribution >= 4 is 43.1 Å². The smallest absolute Gasteiger partial charge is 0.206 e. The molecular weight excluding hydrogens is 502 g/mol. The van der Waals surface area contributed by atoms with E-state index in [0.29, 0.717) is 10.7 Å². The maximum atomic E-state index is 13.9. The quantitative estimate of drug-likeness (QED) is 0.130. The van der Waals surface area contributed by atoms with Gasteiger partial charge in [0.1, 0.15) is 11.6 Å². The van der Waals surface area contributed by atoms with Crippen LogP contribution in [-0.2, 0) is 0 Å². The fourth-order valence-electron chi connectivity index (χ4n) is 5.70. The third-order valence-electron chi connectivity index (χ3n) is 7.43. The third kappa shape index (κ3) is 3.55. The van der Waals surface area contributed by atoms with Crippen molar-refractivity contribution in [1.82, 2.24) is 0 Å². The first-order chi connectivity index (χ1) is 19.6. The summed E-state index contributed by atoms with van der Waals surface area (Å²) in [4.78, 5) is 7.54. The molecule has 0 N–H and O–H groups in total. The Labute approximate surface area is 226 Å². The second-order valence-electron chi connectivity index (χ2n) is 9.59. The average Bonchev–Trinajstić information content (AvgIpc) is 3.43. The molecule has 7 rings (SSSR count). The standard InChI is InChI=1S/C34H16F2N4/c1-38-40-34-30-15-22(20-5-3-7-24(36)13-20)9-11-26(30)28-16-31-27(17-32(28)34)25-10-8-21(14-29(25)33(31)39-18-37)19-4-2-6-23(35)12-19/h2-17H/b39-33?,40-34-. The van der Waals surface area contributed by atoms with Crippen LogP contribution in [0.15, 0.2) is 107 Å². The number of benzene rings is 5. The highest BCUT2D eigenvalue weighted by Crippen LogP contribution is 2.35. The van der Waals surface area contributed by atoms with Gasteiger partial charge >= 0.3 is 0 Å². The van der Waals surface area contributed by atoms with E-state index in [4.69, 9.17) is 6.57 Å². The number of nitriles is 1. The molecule has 0 atom stereocenters. The number of hydrogen-bond acceptors (Lipinski definition) is 3. The predicted molar refractivity (Wildman–Crippen MR) is 153 cm³/mol. The Morgan fingerprint density at radius 2 is 1.02 bits per heavy atom. The average molecular weight is 519 g/mol. The Bertz CT molecular complexity index is 2210. The molecule has 0 aliphatic rings. The molecule has 0 aliphatic carbocycles. The Kier molecular flexibility index (Phi) is 5.23. The van der Waals surface area contributed by atoms with E-state index in [1.807, 2.05) is 66.9 Å². The van der Waals surface area contributed by atoms with Gasteiger partial charge in [0.15, 0.2) is 5.36 Å². The third-order valence-corrected chi connectivity index (χ3v) is 7.43. The molecule has 0 saturated heterocycles. The number of nitrogens with zero attached hydrogens (tertiary/aromatic N) is 4. The van der Waals surface area contributed by atoms with Crippen LogP contribution in [0.25, 0.3) is 70.3 Å². The largest absolute Gasteiger partial charge is 0.207 e. The molecule has 0 unspecified atom stereocenters. The van der Waals surface area contributed by atoms with Crippen molar-refractivity contribution in [3.63, 3.8) is 0 Å². The molecule has 0 heterocycles. The first kappa shape index (κ1) is 23.4. The van der Waals surface area contributed by atoms with Gasteiger partial charge in [-0.1, -0.05) is 48.5 Å². The molecule has 4 nitrogen and oxygen atoms in total. The van der Waals surface area contributed by atoms with Crippen LogP contribution in [-0.4, -0.2) is 0 Å². The zero-order chi connectivity index (χ0) is 27.4. The lowest BCUT2D eigenvalue weighted by atomic mass is 10.0. The highest BCUT2D eigenvalue weighted by atomic mass is 19.1. The first-order valence-electron chi connectivity index (χ1n) is 12.5. The van der Waals surface area contributed by atoms with Gasteiger partial charge < -0.3 is 0 Å². The Hall–Kier alpha value is -5.72. The van der Waals surface area contributed by atoms with Crippen molar-refractivity contribution in [2.24, 2.45) is 10.1 Å². The van der Waals surface area contributed by atoms with E-state index in [0.717, 1.165) is 65.3 Å². The van der Waals surface area contributed by atoms with E-state index < -0.39 is 0 Å². The molecule has 0 aliphatic heterocycles. The minimum atomic E-state index is -0.325. The van der Waals surface area contributed by atoms with Crippen LogP contribution in [0.4, 0.5) is 8.78 Å². The summed E-state index contributed by atoms with van der Waals surface area (Å²) in [6, 6.07) is 28.4. The van der Waals surface area contributed by atoms with Gasteiger partial charge in [-0.3, -0.25) is 0 Å². The molecule has 0 saturated carbocycles. The van der Waals surface area contributed by atoms with E-state index in [9.17, 15) is 14.0 Å². The molecule has 0 aromatic heterocycles. The van der Waals surface area contributed by atoms with Crippen molar-refractivity contribution in [1.29, 1.82) is 5.26 Å². The van der Waals surface area contributed by atoms with Gasteiger partial charge in [0.25, 0.3) is 0 Å². The monoisotopic (exact) mass is 518 g/mol. The van der Waals surface area contributed by atoms with Gasteiger partial charge in [-0.05, 0) is 92.3 Å². The van der Waals surface area contributed by atoms with Gasteiger partial charge in [-0.15, -0.1) is 4.95 Å². The molecule has 40 heavy (non-hydrogen) atoms. The van der Waals surface area contributed by atoms with Crippen LogP contribution >= 0.6 is 0 Å². The van der Waals surface area contributed by atoms with Crippen LogP contribution in [0.2, 0.25) is 0 Å². The van der Waals surface area contributed by atoms with Gasteiger partial charge in [0.05, 0.1) is 10.5 Å². The molecule has 0 radical (unpaired) electrons. The zero-order valence-corrected chi connectivity index (χ0v) is 20.8. The lowest BCUT2D eigenvalue weighted by molar-refractivity contribution is 0.628. The lowest BCUT2D eigenvalue weighted by Gasteiger charge is -2.02. The van der Waals surface area contributed by atoms with E-state index >= 15 is 0 Å². The zero-order valence-electron chi connectivity index (χ0n) is 20.8. The highest BCUT2D eigenvalue weighted by Gasteiger charge is 2.17. The van der Waals surface area contributed by atoms with Gasteiger partial charge in [-0.2, -0.15) is 16.8 Å². The SMILES string of the molecule is [C-]#[N+]/N=c1/c2cc(-c3cccc(F)c3)ccc2c2cc3c(=NC#N)c4cc(-c5cccc(F)c5)ccc4c3cc12. The topological polar surface area (TPSA) is 52.9 Å². The summed E-state index contributed by atoms with van der Waals surface area (Å²) in [6.07, 6.45) is 1.94. The summed E-state index contributed by atoms with van der Waals surface area (Å²) in [6.45, 7) is 7.48. The van der Waals surface area contributed by atoms with E-state index in [1.165, 1.54) is 24.3 Å². The van der Waals surface area contributed by atoms with Gasteiger partial charge in [0.2, 0.25) is 6.19 Å². The summed E-state index contributed by atoms with van der Waals surface area (Å²) in [5, 5.41) is 21.5. The van der Waals surface area contributed by atoms with Crippen molar-refractivity contribution < 1.29 is 8.78 Å². The van der Waals surface area contributed by atoms with E-state index in [1.54, 1.807) is 12.1 Å². The molecule has 7 aromatic carbocycles. The Balaban J connectivity index is 1.56. The Morgan fingerprint density at radius 1 is 0.550 bits per heavy atom. The van der Waals surface area contributed by atoms with Crippen LogP contribution in [0.1, 0.15) is 0 Å². The molecule has 0 bridgehead atoms. The second kappa shape index (κ2) is 8.94. The summed E-state index contributed by atoms with van der Waals surface area (Å²) >= 11 is 0. The van der Waals surface area contributed by atoms with Crippen LogP contribution < -0.4 is 10.7 Å². The predicted octanol–water partition coefficient (Wildman–Crippen LogP) is 7.90. The van der Waals surface area contributed by atoms with Crippen molar-refractivity contribution in [3.8, 4) is 28.4 Å². The number of halogens is 2. The molecule has 0 fully saturated rings. The minimum absolute atomic E-state index is 0.323. The molecule has 186 valence electrons. The summed E-state index contributed by atoms with van der Waals surface area (Å²) in [5.74, 6) is -0.647. The summed E-state index contributed by atoms with van der Waals surface area (Å²) in [5.41, 5.74) is 3.09. The maximum absolute atomic E-state index is 13.9. The van der Waals surface area contributed by atoms with Crippen molar-refractivity contribution in [3.05, 3.63) is 131 Å². The van der Waals surface area contributed by atoms with Crippen molar-refractivity contribution in [2.75, 3.05) is 0 Å². The number of fused-ring (bicyclic) bond motifs is 6. The molecule has 0 amide bonds. The lowest BCUT2D eigenvalue weighted by Crippen LogP contribution is -1.99. The van der Waals surface area contributed by atoms with E-state index in [2.05, 4.69) is 15.0 Å². The van der Waals surface area contributed by atoms with Crippen LogP contribution in [0.5, 0.6) is 0 Å². The first-order valence-corrected chi connectivity index (χ1v) is 12.5. The summed E-state index contributed by atoms with van der Waals surface area (Å²) in [7, 11) is 0. The van der Waals surface area contributed by atoms with Crippen LogP contribution in [0.3, 0.4) is 0 Å². The highest BCUT2D eigenvalue weighted by molar-refractivity contribution is 6.21. The fourth-order valence-corrected chi connectivity index (χ4v) is 5.70. The maximum Gasteiger partial charge on any atom is 0.206 e. The Morgan fingerprint density at radius 3 is 1.52 bits per heavy atom. The van der Waals surface area contributed by atoms with Crippen molar-refractivity contribution in [2.45, 2.75) is 0 Å².